The van der Waals surface area contributed by atoms with Crippen molar-refractivity contribution in [1.82, 2.24) is 5.32 Å². The Morgan fingerprint density at radius 2 is 1.71 bits per heavy atom. The summed E-state index contributed by atoms with van der Waals surface area (Å²) >= 11 is 0. The van der Waals surface area contributed by atoms with Crippen LogP contribution in [0.4, 0.5) is 0 Å². The number of ketones is 1. The molecule has 1 aliphatic carbocycles. The van der Waals surface area contributed by atoms with E-state index in [1.165, 1.54) is 0 Å². The van der Waals surface area contributed by atoms with Gasteiger partial charge >= 0.3 is 5.97 Å². The first-order valence-electron chi connectivity index (χ1n) is 10.7. The van der Waals surface area contributed by atoms with Gasteiger partial charge in [0.1, 0.15) is 6.61 Å². The molecule has 0 spiro atoms. The molecular formula is C26H27NO4. The van der Waals surface area contributed by atoms with Crippen LogP contribution in [0.25, 0.3) is 11.1 Å². The lowest BCUT2D eigenvalue weighted by atomic mass is 9.75. The van der Waals surface area contributed by atoms with Crippen LogP contribution in [-0.4, -0.2) is 32.1 Å². The average Bonchev–Trinajstić information content (AvgIpc) is 2.79. The summed E-state index contributed by atoms with van der Waals surface area (Å²) in [7, 11) is 1.56. The molecule has 0 saturated carbocycles. The molecule has 0 aromatic heterocycles. The monoisotopic (exact) mass is 417 g/mol. The third-order valence-corrected chi connectivity index (χ3v) is 5.87. The first-order valence-corrected chi connectivity index (χ1v) is 10.7. The molecule has 0 unspecified atom stereocenters. The third kappa shape index (κ3) is 4.32. The number of rotatable bonds is 6. The Balaban J connectivity index is 1.73. The molecule has 1 atom stereocenters. The van der Waals surface area contributed by atoms with Gasteiger partial charge in [-0.15, -0.1) is 0 Å². The number of hydrogen-bond donors (Lipinski definition) is 1. The van der Waals surface area contributed by atoms with Gasteiger partial charge in [0.05, 0.1) is 12.2 Å². The third-order valence-electron chi connectivity index (χ3n) is 5.87. The molecule has 1 aliphatic heterocycles. The topological polar surface area (TPSA) is 64.6 Å². The van der Waals surface area contributed by atoms with Crippen LogP contribution in [0, 0.1) is 0 Å². The molecule has 2 aliphatic rings. The minimum Gasteiger partial charge on any atom is -0.460 e. The SMILES string of the molecule is COCCOC(=O)C1=C(C)NC2=C(C(=O)CCC2)[C@@H]1c1ccc(-c2ccccc2)cc1. The maximum atomic E-state index is 13.0. The van der Waals surface area contributed by atoms with E-state index in [0.29, 0.717) is 24.2 Å². The van der Waals surface area contributed by atoms with Crippen molar-refractivity contribution in [1.29, 1.82) is 0 Å². The maximum Gasteiger partial charge on any atom is 0.336 e. The first-order chi connectivity index (χ1) is 15.1. The molecule has 0 saturated heterocycles. The van der Waals surface area contributed by atoms with Crippen molar-refractivity contribution >= 4 is 11.8 Å². The second-order valence-corrected chi connectivity index (χ2v) is 7.88. The van der Waals surface area contributed by atoms with E-state index in [2.05, 4.69) is 17.4 Å². The van der Waals surface area contributed by atoms with E-state index in [1.54, 1.807) is 7.11 Å². The van der Waals surface area contributed by atoms with E-state index in [1.807, 2.05) is 49.4 Å². The highest BCUT2D eigenvalue weighted by atomic mass is 16.6. The fourth-order valence-electron chi connectivity index (χ4n) is 4.38. The van der Waals surface area contributed by atoms with Gasteiger partial charge in [0.2, 0.25) is 0 Å². The maximum absolute atomic E-state index is 13.0. The smallest absolute Gasteiger partial charge is 0.336 e. The van der Waals surface area contributed by atoms with Gasteiger partial charge in [0.25, 0.3) is 0 Å². The van der Waals surface area contributed by atoms with Gasteiger partial charge < -0.3 is 14.8 Å². The molecule has 0 radical (unpaired) electrons. The fraction of sp³-hybridized carbons (Fsp3) is 0.308. The van der Waals surface area contributed by atoms with E-state index in [9.17, 15) is 9.59 Å². The van der Waals surface area contributed by atoms with Crippen LogP contribution in [0.2, 0.25) is 0 Å². The lowest BCUT2D eigenvalue weighted by Gasteiger charge is -2.34. The second kappa shape index (κ2) is 9.31. The highest BCUT2D eigenvalue weighted by Gasteiger charge is 2.39. The molecule has 1 N–H and O–H groups in total. The van der Waals surface area contributed by atoms with E-state index in [-0.39, 0.29) is 12.4 Å². The molecule has 1 heterocycles. The summed E-state index contributed by atoms with van der Waals surface area (Å²) in [6.45, 7) is 2.38. The van der Waals surface area contributed by atoms with Crippen molar-refractivity contribution in [3.05, 3.63) is 82.7 Å². The molecule has 160 valence electrons. The zero-order valence-electron chi connectivity index (χ0n) is 17.9. The highest BCUT2D eigenvalue weighted by molar-refractivity contribution is 6.03. The number of dihydropyridines is 1. The normalized spacial score (nSPS) is 18.5. The zero-order chi connectivity index (χ0) is 21.8. The van der Waals surface area contributed by atoms with Crippen LogP contribution in [0.3, 0.4) is 0 Å². The number of allylic oxidation sites excluding steroid dienone is 3. The standard InChI is InChI=1S/C26H27NO4/c1-17-23(26(29)31-16-15-30-2)24(25-21(27-17)9-6-10-22(25)28)20-13-11-19(12-14-20)18-7-4-3-5-8-18/h3-5,7-8,11-14,24,27H,6,9-10,15-16H2,1-2H3/t24-/m1/s1. The van der Waals surface area contributed by atoms with E-state index >= 15 is 0 Å². The number of esters is 1. The van der Waals surface area contributed by atoms with Crippen LogP contribution < -0.4 is 5.32 Å². The first kappa shape index (κ1) is 21.1. The Morgan fingerprint density at radius 1 is 1.00 bits per heavy atom. The summed E-state index contributed by atoms with van der Waals surface area (Å²) in [6, 6.07) is 18.3. The average molecular weight is 418 g/mol. The van der Waals surface area contributed by atoms with Crippen molar-refractivity contribution in [3.63, 3.8) is 0 Å². The van der Waals surface area contributed by atoms with E-state index in [4.69, 9.17) is 9.47 Å². The number of carbonyl (C=O) groups excluding carboxylic acids is 2. The van der Waals surface area contributed by atoms with Crippen molar-refractivity contribution in [2.24, 2.45) is 0 Å². The zero-order valence-corrected chi connectivity index (χ0v) is 17.9. The molecule has 0 bridgehead atoms. The minimum absolute atomic E-state index is 0.0978. The summed E-state index contributed by atoms with van der Waals surface area (Å²) < 4.78 is 10.5. The summed E-state index contributed by atoms with van der Waals surface area (Å²) in [5.41, 5.74) is 6.00. The lowest BCUT2D eigenvalue weighted by molar-refractivity contribution is -0.140. The second-order valence-electron chi connectivity index (χ2n) is 7.88. The van der Waals surface area contributed by atoms with Crippen LogP contribution in [0.15, 0.2) is 77.1 Å². The Bertz CT molecular complexity index is 1030. The molecule has 2 aromatic rings. The molecule has 0 amide bonds. The van der Waals surface area contributed by atoms with Gasteiger partial charge in [-0.05, 0) is 36.5 Å². The summed E-state index contributed by atoms with van der Waals surface area (Å²) in [5, 5.41) is 3.31. The number of Topliss-reactive ketones (excluding diaryl/α,β-unsaturated/α-hetero) is 1. The van der Waals surface area contributed by atoms with Crippen molar-refractivity contribution < 1.29 is 19.1 Å². The van der Waals surface area contributed by atoms with Gasteiger partial charge in [-0.25, -0.2) is 4.79 Å². The van der Waals surface area contributed by atoms with Gasteiger partial charge in [0, 0.05) is 36.4 Å². The summed E-state index contributed by atoms with van der Waals surface area (Å²) in [5.74, 6) is -0.742. The number of nitrogens with one attached hydrogen (secondary N) is 1. The Kier molecular flexibility index (Phi) is 6.33. The molecule has 0 fully saturated rings. The van der Waals surface area contributed by atoms with E-state index < -0.39 is 11.9 Å². The van der Waals surface area contributed by atoms with Crippen LogP contribution in [0.1, 0.15) is 37.7 Å². The largest absolute Gasteiger partial charge is 0.460 e. The van der Waals surface area contributed by atoms with Gasteiger partial charge in [-0.1, -0.05) is 54.6 Å². The predicted octanol–water partition coefficient (Wildman–Crippen LogP) is 4.51. The van der Waals surface area contributed by atoms with Gasteiger partial charge in [0.15, 0.2) is 5.78 Å². The van der Waals surface area contributed by atoms with Crippen molar-refractivity contribution in [2.75, 3.05) is 20.3 Å². The predicted molar refractivity (Wildman–Crippen MR) is 119 cm³/mol. The molecule has 4 rings (SSSR count). The number of carbonyl (C=O) groups is 2. The fourth-order valence-corrected chi connectivity index (χ4v) is 4.38. The lowest BCUT2D eigenvalue weighted by Crippen LogP contribution is -2.34. The van der Waals surface area contributed by atoms with Gasteiger partial charge in [-0.3, -0.25) is 4.79 Å². The molecule has 2 aromatic carbocycles. The number of hydrogen-bond acceptors (Lipinski definition) is 5. The summed E-state index contributed by atoms with van der Waals surface area (Å²) in [6.07, 6.45) is 2.14. The van der Waals surface area contributed by atoms with Crippen molar-refractivity contribution in [3.8, 4) is 11.1 Å². The molecule has 5 heteroatoms. The van der Waals surface area contributed by atoms with E-state index in [0.717, 1.165) is 40.9 Å². The van der Waals surface area contributed by atoms with Crippen LogP contribution >= 0.6 is 0 Å². The Labute approximate surface area is 182 Å². The van der Waals surface area contributed by atoms with Crippen LogP contribution in [0.5, 0.6) is 0 Å². The molecule has 5 nitrogen and oxygen atoms in total. The minimum atomic E-state index is -0.427. The number of methoxy groups -OCH3 is 1. The van der Waals surface area contributed by atoms with Gasteiger partial charge in [-0.2, -0.15) is 0 Å². The quantitative estimate of drug-likeness (QED) is 0.553. The summed E-state index contributed by atoms with van der Waals surface area (Å²) in [4.78, 5) is 26.0. The highest BCUT2D eigenvalue weighted by Crippen LogP contribution is 2.42. The number of ether oxygens (including phenoxy) is 2. The molecular weight excluding hydrogens is 390 g/mol. The Hall–Kier alpha value is -3.18. The van der Waals surface area contributed by atoms with Crippen molar-refractivity contribution in [2.45, 2.75) is 32.1 Å². The molecule has 31 heavy (non-hydrogen) atoms. The Morgan fingerprint density at radius 3 is 2.42 bits per heavy atom. The van der Waals surface area contributed by atoms with Crippen LogP contribution in [-0.2, 0) is 19.1 Å². The number of benzene rings is 2.